The minimum atomic E-state index is -1.00. The molecule has 0 bridgehead atoms. The minimum absolute atomic E-state index is 0.109. The summed E-state index contributed by atoms with van der Waals surface area (Å²) in [7, 11) is 0. The molecule has 2 aliphatic rings. The highest BCUT2D eigenvalue weighted by atomic mass is 16.7. The van der Waals surface area contributed by atoms with E-state index >= 15 is 0 Å². The summed E-state index contributed by atoms with van der Waals surface area (Å²) in [4.78, 5) is 35.1. The van der Waals surface area contributed by atoms with E-state index < -0.39 is 17.9 Å². The summed E-state index contributed by atoms with van der Waals surface area (Å²) in [6.45, 7) is 7.15. The zero-order valence-corrected chi connectivity index (χ0v) is 24.8. The molecule has 0 aromatic heterocycles. The van der Waals surface area contributed by atoms with E-state index in [1.807, 2.05) is 6.92 Å². The fourth-order valence-electron chi connectivity index (χ4n) is 5.57. The second kappa shape index (κ2) is 18.4. The summed E-state index contributed by atoms with van der Waals surface area (Å²) in [6.07, 6.45) is 18.2. The molecule has 8 heteroatoms. The first kappa shape index (κ1) is 33.3. The zero-order chi connectivity index (χ0) is 28.5. The van der Waals surface area contributed by atoms with Gasteiger partial charge in [0.15, 0.2) is 5.79 Å². The number of rotatable bonds is 19. The Labute approximate surface area is 235 Å². The van der Waals surface area contributed by atoms with Crippen LogP contribution in [0, 0.1) is 0 Å². The fraction of sp³-hybridized carbons (Fsp3) is 0.839. The number of unbranched alkanes of at least 4 members (excludes halogenated alkanes) is 10. The van der Waals surface area contributed by atoms with Crippen molar-refractivity contribution in [3.63, 3.8) is 0 Å². The molecule has 0 spiro atoms. The van der Waals surface area contributed by atoms with Crippen LogP contribution in [0.2, 0.25) is 0 Å². The summed E-state index contributed by atoms with van der Waals surface area (Å²) in [6, 6.07) is 0. The van der Waals surface area contributed by atoms with Gasteiger partial charge in [-0.2, -0.15) is 0 Å². The van der Waals surface area contributed by atoms with Gasteiger partial charge in [0.1, 0.15) is 24.9 Å². The van der Waals surface area contributed by atoms with Crippen molar-refractivity contribution in [2.75, 3.05) is 6.61 Å². The molecule has 1 saturated heterocycles. The summed E-state index contributed by atoms with van der Waals surface area (Å²) < 4.78 is 29.2. The number of esters is 3. The number of ether oxygens (including phenoxy) is 5. The van der Waals surface area contributed by atoms with Gasteiger partial charge in [-0.3, -0.25) is 9.59 Å². The van der Waals surface area contributed by atoms with Crippen LogP contribution in [0.3, 0.4) is 0 Å². The third-order valence-electron chi connectivity index (χ3n) is 7.51. The zero-order valence-electron chi connectivity index (χ0n) is 24.8. The molecule has 0 aromatic rings. The molecule has 0 aromatic carbocycles. The molecule has 0 radical (unpaired) electrons. The molecule has 39 heavy (non-hydrogen) atoms. The predicted molar refractivity (Wildman–Crippen MR) is 149 cm³/mol. The molecule has 1 fully saturated rings. The normalized spacial score (nSPS) is 25.6. The van der Waals surface area contributed by atoms with E-state index in [-0.39, 0.29) is 36.9 Å². The first-order valence-corrected chi connectivity index (χ1v) is 15.3. The standard InChI is InChI=1S/C31H52O8/c1-5-7-8-9-10-11-12-13-14-15-16-17-26(36-24(3)32)20-28-21-29(37-25(4)33)22-31(6-2,39-28)38-27-18-19-30(34)35-23-27/h18-19,26-29H,5-17,20-23H2,1-4H3. The Kier molecular flexibility index (Phi) is 15.7. The first-order valence-electron chi connectivity index (χ1n) is 15.3. The Hall–Kier alpha value is -1.93. The Morgan fingerprint density at radius 1 is 0.974 bits per heavy atom. The Morgan fingerprint density at radius 2 is 1.62 bits per heavy atom. The van der Waals surface area contributed by atoms with Crippen LogP contribution in [0.1, 0.15) is 130 Å². The Balaban J connectivity index is 1.88. The molecule has 224 valence electrons. The maximum absolute atomic E-state index is 11.9. The molecule has 0 aliphatic carbocycles. The van der Waals surface area contributed by atoms with Gasteiger partial charge in [-0.05, 0) is 25.3 Å². The molecule has 0 saturated carbocycles. The van der Waals surface area contributed by atoms with E-state index in [0.29, 0.717) is 25.7 Å². The van der Waals surface area contributed by atoms with Crippen LogP contribution in [-0.4, -0.2) is 54.7 Å². The lowest BCUT2D eigenvalue weighted by atomic mass is 9.92. The second-order valence-corrected chi connectivity index (χ2v) is 11.1. The molecule has 2 aliphatic heterocycles. The minimum Gasteiger partial charge on any atom is -0.462 e. The van der Waals surface area contributed by atoms with E-state index in [1.54, 1.807) is 6.08 Å². The van der Waals surface area contributed by atoms with Gasteiger partial charge < -0.3 is 23.7 Å². The summed E-state index contributed by atoms with van der Waals surface area (Å²) in [5.41, 5.74) is 0. The number of cyclic esters (lactones) is 1. The van der Waals surface area contributed by atoms with Crippen molar-refractivity contribution in [2.24, 2.45) is 0 Å². The van der Waals surface area contributed by atoms with Crippen molar-refractivity contribution in [3.8, 4) is 0 Å². The lowest BCUT2D eigenvalue weighted by Crippen LogP contribution is -2.51. The van der Waals surface area contributed by atoms with Crippen LogP contribution in [-0.2, 0) is 38.1 Å². The molecule has 0 N–H and O–H groups in total. The van der Waals surface area contributed by atoms with Crippen LogP contribution >= 0.6 is 0 Å². The van der Waals surface area contributed by atoms with Crippen LogP contribution in [0.5, 0.6) is 0 Å². The number of hydrogen-bond acceptors (Lipinski definition) is 8. The van der Waals surface area contributed by atoms with Crippen molar-refractivity contribution in [3.05, 3.63) is 12.2 Å². The van der Waals surface area contributed by atoms with Gasteiger partial charge in [0.2, 0.25) is 0 Å². The van der Waals surface area contributed by atoms with Crippen LogP contribution in [0.4, 0.5) is 0 Å². The molecule has 8 nitrogen and oxygen atoms in total. The number of hydrogen-bond donors (Lipinski definition) is 0. The van der Waals surface area contributed by atoms with Gasteiger partial charge in [0.05, 0.1) is 6.10 Å². The highest BCUT2D eigenvalue weighted by Gasteiger charge is 2.45. The largest absolute Gasteiger partial charge is 0.462 e. The number of carbonyl (C=O) groups is 3. The second-order valence-electron chi connectivity index (χ2n) is 11.1. The fourth-order valence-corrected chi connectivity index (χ4v) is 5.57. The highest BCUT2D eigenvalue weighted by molar-refractivity contribution is 5.82. The van der Waals surface area contributed by atoms with Crippen LogP contribution < -0.4 is 0 Å². The maximum atomic E-state index is 11.9. The van der Waals surface area contributed by atoms with E-state index in [4.69, 9.17) is 23.7 Å². The van der Waals surface area contributed by atoms with Crippen molar-refractivity contribution in [1.29, 1.82) is 0 Å². The van der Waals surface area contributed by atoms with Gasteiger partial charge in [0, 0.05) is 39.2 Å². The van der Waals surface area contributed by atoms with Crippen LogP contribution in [0.15, 0.2) is 12.2 Å². The van der Waals surface area contributed by atoms with E-state index in [9.17, 15) is 14.4 Å². The summed E-state index contributed by atoms with van der Waals surface area (Å²) >= 11 is 0. The van der Waals surface area contributed by atoms with Gasteiger partial charge >= 0.3 is 17.9 Å². The molecule has 0 amide bonds. The van der Waals surface area contributed by atoms with Crippen molar-refractivity contribution in [1.82, 2.24) is 0 Å². The quantitative estimate of drug-likeness (QED) is 0.0989. The summed E-state index contributed by atoms with van der Waals surface area (Å²) in [5, 5.41) is 0. The van der Waals surface area contributed by atoms with E-state index in [0.717, 1.165) is 19.3 Å². The summed E-state index contributed by atoms with van der Waals surface area (Å²) in [5.74, 6) is -2.05. The molecule has 2 rings (SSSR count). The van der Waals surface area contributed by atoms with Crippen molar-refractivity contribution >= 4 is 17.9 Å². The molecular weight excluding hydrogens is 500 g/mol. The van der Waals surface area contributed by atoms with Gasteiger partial charge in [-0.25, -0.2) is 4.79 Å². The molecule has 5 unspecified atom stereocenters. The first-order chi connectivity index (χ1) is 18.7. The average Bonchev–Trinajstić information content (AvgIpc) is 2.87. The topological polar surface area (TPSA) is 97.4 Å². The Morgan fingerprint density at radius 3 is 2.15 bits per heavy atom. The van der Waals surface area contributed by atoms with Gasteiger partial charge in [0.25, 0.3) is 0 Å². The lowest BCUT2D eigenvalue weighted by molar-refractivity contribution is -0.313. The SMILES string of the molecule is CCCCCCCCCCCCCC(CC1CC(OC(C)=O)CC(CC)(OC2C=CC(=O)OC2)O1)OC(C)=O. The Bertz CT molecular complexity index is 766. The smallest absolute Gasteiger partial charge is 0.330 e. The van der Waals surface area contributed by atoms with Gasteiger partial charge in [-0.1, -0.05) is 78.1 Å². The van der Waals surface area contributed by atoms with Crippen molar-refractivity contribution < 1.29 is 38.1 Å². The monoisotopic (exact) mass is 552 g/mol. The highest BCUT2D eigenvalue weighted by Crippen LogP contribution is 2.38. The van der Waals surface area contributed by atoms with E-state index in [2.05, 4.69) is 6.92 Å². The van der Waals surface area contributed by atoms with Crippen LogP contribution in [0.25, 0.3) is 0 Å². The predicted octanol–water partition coefficient (Wildman–Crippen LogP) is 6.72. The lowest BCUT2D eigenvalue weighted by Gasteiger charge is -2.45. The van der Waals surface area contributed by atoms with E-state index in [1.165, 1.54) is 77.7 Å². The average molecular weight is 553 g/mol. The maximum Gasteiger partial charge on any atom is 0.330 e. The third-order valence-corrected chi connectivity index (χ3v) is 7.51. The van der Waals surface area contributed by atoms with Gasteiger partial charge in [-0.15, -0.1) is 0 Å². The van der Waals surface area contributed by atoms with Crippen molar-refractivity contribution in [2.45, 2.75) is 161 Å². The molecule has 2 heterocycles. The third kappa shape index (κ3) is 13.8. The molecule has 5 atom stereocenters. The molecular formula is C31H52O8. The number of carbonyl (C=O) groups excluding carboxylic acids is 3.